The number of aryl methyl sites for hydroxylation is 1. The molecule has 1 aromatic rings. The molecule has 0 unspecified atom stereocenters. The quantitative estimate of drug-likeness (QED) is 0.722. The number of nitrogens with zero attached hydrogens (tertiary/aromatic N) is 1. The summed E-state index contributed by atoms with van der Waals surface area (Å²) in [4.78, 5) is 2.54. The zero-order valence-corrected chi connectivity index (χ0v) is 12.5. The van der Waals surface area contributed by atoms with E-state index in [2.05, 4.69) is 52.9 Å². The fourth-order valence-corrected chi connectivity index (χ4v) is 2.89. The fourth-order valence-electron chi connectivity index (χ4n) is 2.54. The van der Waals surface area contributed by atoms with E-state index in [1.54, 1.807) is 0 Å². The predicted octanol–water partition coefficient (Wildman–Crippen LogP) is 4.52. The highest BCUT2D eigenvalue weighted by Crippen LogP contribution is 2.30. The third-order valence-electron chi connectivity index (χ3n) is 3.84. The summed E-state index contributed by atoms with van der Waals surface area (Å²) in [7, 11) is 0. The summed E-state index contributed by atoms with van der Waals surface area (Å²) >= 11 is 3.52. The number of alkyl halides is 1. The lowest BCUT2D eigenvalue weighted by Crippen LogP contribution is -2.32. The first-order valence-corrected chi connectivity index (χ1v) is 7.77. The first-order valence-electron chi connectivity index (χ1n) is 6.65. The van der Waals surface area contributed by atoms with Gasteiger partial charge in [0.1, 0.15) is 0 Å². The summed E-state index contributed by atoms with van der Waals surface area (Å²) in [5, 5.41) is 0.947. The first kappa shape index (κ1) is 12.9. The molecule has 0 bridgehead atoms. The molecule has 0 saturated heterocycles. The van der Waals surface area contributed by atoms with E-state index in [1.807, 2.05) is 0 Å². The van der Waals surface area contributed by atoms with Crippen LogP contribution < -0.4 is 4.90 Å². The molecule has 94 valence electrons. The third-order valence-corrected chi connectivity index (χ3v) is 4.49. The van der Waals surface area contributed by atoms with Gasteiger partial charge < -0.3 is 4.90 Å². The zero-order valence-electron chi connectivity index (χ0n) is 10.9. The summed E-state index contributed by atoms with van der Waals surface area (Å²) in [6.07, 6.45) is 4.29. The van der Waals surface area contributed by atoms with Gasteiger partial charge in [0.2, 0.25) is 0 Å². The second-order valence-electron chi connectivity index (χ2n) is 5.09. The molecule has 1 nitrogen and oxygen atoms in total. The molecule has 1 aromatic carbocycles. The molecule has 0 aromatic heterocycles. The zero-order chi connectivity index (χ0) is 12.3. The van der Waals surface area contributed by atoms with Crippen molar-refractivity contribution < 1.29 is 0 Å². The van der Waals surface area contributed by atoms with Crippen molar-refractivity contribution in [2.45, 2.75) is 38.4 Å². The van der Waals surface area contributed by atoms with Crippen LogP contribution in [0.5, 0.6) is 0 Å². The summed E-state index contributed by atoms with van der Waals surface area (Å²) < 4.78 is 0. The van der Waals surface area contributed by atoms with Crippen LogP contribution in [0.3, 0.4) is 0 Å². The number of halogens is 1. The number of rotatable bonds is 5. The molecular formula is C15H22BrN. The van der Waals surface area contributed by atoms with Gasteiger partial charge in [0, 0.05) is 24.1 Å². The maximum absolute atomic E-state index is 3.52. The minimum atomic E-state index is 0.935. The van der Waals surface area contributed by atoms with Gasteiger partial charge in [-0.1, -0.05) is 34.5 Å². The first-order chi connectivity index (χ1) is 8.24. The molecule has 1 fully saturated rings. The van der Waals surface area contributed by atoms with Crippen molar-refractivity contribution in [3.05, 3.63) is 29.3 Å². The lowest BCUT2D eigenvalue weighted by molar-refractivity contribution is 0.318. The van der Waals surface area contributed by atoms with Crippen molar-refractivity contribution in [1.82, 2.24) is 0 Å². The molecule has 1 aliphatic carbocycles. The summed E-state index contributed by atoms with van der Waals surface area (Å²) in [6, 6.07) is 6.82. The Kier molecular flexibility index (Phi) is 4.49. The molecule has 0 N–H and O–H groups in total. The van der Waals surface area contributed by atoms with Gasteiger partial charge in [-0.05, 0) is 49.8 Å². The molecular weight excluding hydrogens is 274 g/mol. The number of hydrogen-bond acceptors (Lipinski definition) is 1. The van der Waals surface area contributed by atoms with Crippen LogP contribution in [0.4, 0.5) is 5.69 Å². The lowest BCUT2D eigenvalue weighted by atomic mass is 9.85. The van der Waals surface area contributed by atoms with Crippen LogP contribution in [0.15, 0.2) is 18.2 Å². The predicted molar refractivity (Wildman–Crippen MR) is 79.0 cm³/mol. The number of hydrogen-bond donors (Lipinski definition) is 0. The van der Waals surface area contributed by atoms with Gasteiger partial charge in [0.25, 0.3) is 0 Å². The van der Waals surface area contributed by atoms with E-state index in [-0.39, 0.29) is 0 Å². The number of anilines is 1. The van der Waals surface area contributed by atoms with E-state index in [4.69, 9.17) is 0 Å². The molecule has 0 heterocycles. The highest BCUT2D eigenvalue weighted by atomic mass is 79.9. The van der Waals surface area contributed by atoms with Crippen LogP contribution in [-0.2, 0) is 5.33 Å². The Bertz CT molecular complexity index is 371. The fraction of sp³-hybridized carbons (Fsp3) is 0.600. The standard InChI is InChI=1S/C15H22BrN/c1-3-17(11-13-5-4-6-13)15-8-7-14(10-16)9-12(15)2/h7-9,13H,3-6,10-11H2,1-2H3. The lowest BCUT2D eigenvalue weighted by Gasteiger charge is -2.34. The van der Waals surface area contributed by atoms with Crippen molar-refractivity contribution in [1.29, 1.82) is 0 Å². The van der Waals surface area contributed by atoms with Crippen LogP contribution in [0.2, 0.25) is 0 Å². The van der Waals surface area contributed by atoms with E-state index < -0.39 is 0 Å². The monoisotopic (exact) mass is 295 g/mol. The highest BCUT2D eigenvalue weighted by Gasteiger charge is 2.20. The summed E-state index contributed by atoms with van der Waals surface area (Å²) in [5.74, 6) is 0.935. The Balaban J connectivity index is 2.11. The van der Waals surface area contributed by atoms with Crippen molar-refractivity contribution in [2.24, 2.45) is 5.92 Å². The van der Waals surface area contributed by atoms with Crippen LogP contribution in [0, 0.1) is 12.8 Å². The van der Waals surface area contributed by atoms with Crippen molar-refractivity contribution in [2.75, 3.05) is 18.0 Å². The average Bonchev–Trinajstić information content (AvgIpc) is 2.29. The SMILES string of the molecule is CCN(CC1CCC1)c1ccc(CBr)cc1C. The molecule has 0 amide bonds. The molecule has 0 radical (unpaired) electrons. The maximum atomic E-state index is 3.52. The minimum Gasteiger partial charge on any atom is -0.371 e. The third kappa shape index (κ3) is 3.04. The molecule has 2 heteroatoms. The Morgan fingerprint density at radius 3 is 2.59 bits per heavy atom. The van der Waals surface area contributed by atoms with Crippen molar-refractivity contribution >= 4 is 21.6 Å². The van der Waals surface area contributed by atoms with Gasteiger partial charge in [-0.3, -0.25) is 0 Å². The molecule has 17 heavy (non-hydrogen) atoms. The Labute approximate surface area is 113 Å². The summed E-state index contributed by atoms with van der Waals surface area (Å²) in [6.45, 7) is 6.84. The average molecular weight is 296 g/mol. The smallest absolute Gasteiger partial charge is 0.0396 e. The van der Waals surface area contributed by atoms with Crippen molar-refractivity contribution in [3.63, 3.8) is 0 Å². The van der Waals surface area contributed by atoms with Crippen molar-refractivity contribution in [3.8, 4) is 0 Å². The van der Waals surface area contributed by atoms with Gasteiger partial charge in [-0.15, -0.1) is 0 Å². The summed E-state index contributed by atoms with van der Waals surface area (Å²) in [5.41, 5.74) is 4.19. The van der Waals surface area contributed by atoms with Gasteiger partial charge in [0.15, 0.2) is 0 Å². The Morgan fingerprint density at radius 1 is 1.35 bits per heavy atom. The van der Waals surface area contributed by atoms with Gasteiger partial charge >= 0.3 is 0 Å². The molecule has 1 aliphatic rings. The van der Waals surface area contributed by atoms with Gasteiger partial charge in [-0.2, -0.15) is 0 Å². The van der Waals surface area contributed by atoms with E-state index in [9.17, 15) is 0 Å². The topological polar surface area (TPSA) is 3.24 Å². The van der Waals surface area contributed by atoms with Gasteiger partial charge in [-0.25, -0.2) is 0 Å². The normalized spacial score (nSPS) is 15.7. The van der Waals surface area contributed by atoms with Gasteiger partial charge in [0.05, 0.1) is 0 Å². The van der Waals surface area contributed by atoms with Crippen LogP contribution in [-0.4, -0.2) is 13.1 Å². The van der Waals surface area contributed by atoms with Crippen LogP contribution in [0.1, 0.15) is 37.3 Å². The molecule has 0 atom stereocenters. The second-order valence-corrected chi connectivity index (χ2v) is 5.65. The molecule has 0 spiro atoms. The number of benzene rings is 1. The van der Waals surface area contributed by atoms with E-state index in [0.717, 1.165) is 17.8 Å². The van der Waals surface area contributed by atoms with Crippen LogP contribution in [0.25, 0.3) is 0 Å². The second kappa shape index (κ2) is 5.90. The highest BCUT2D eigenvalue weighted by molar-refractivity contribution is 9.08. The van der Waals surface area contributed by atoms with E-state index in [0.29, 0.717) is 0 Å². The molecule has 1 saturated carbocycles. The largest absolute Gasteiger partial charge is 0.371 e. The van der Waals surface area contributed by atoms with Crippen LogP contribution >= 0.6 is 15.9 Å². The maximum Gasteiger partial charge on any atom is 0.0396 e. The van der Waals surface area contributed by atoms with E-state index >= 15 is 0 Å². The minimum absolute atomic E-state index is 0.935. The molecule has 0 aliphatic heterocycles. The van der Waals surface area contributed by atoms with E-state index in [1.165, 1.54) is 42.6 Å². The molecule has 2 rings (SSSR count). The Hall–Kier alpha value is -0.500. The Morgan fingerprint density at radius 2 is 2.12 bits per heavy atom.